The summed E-state index contributed by atoms with van der Waals surface area (Å²) in [6.45, 7) is 7.67. The molecule has 1 amide bonds. The van der Waals surface area contributed by atoms with Crippen molar-refractivity contribution in [3.8, 4) is 11.5 Å². The van der Waals surface area contributed by atoms with E-state index in [0.29, 0.717) is 30.4 Å². The van der Waals surface area contributed by atoms with Crippen LogP contribution >= 0.6 is 0 Å². The first-order chi connectivity index (χ1) is 12.1. The molecule has 0 saturated heterocycles. The summed E-state index contributed by atoms with van der Waals surface area (Å²) in [5.41, 5.74) is 1.26. The molecular formula is C21H27NO3. The Bertz CT molecular complexity index is 665. The summed E-state index contributed by atoms with van der Waals surface area (Å²) in [7, 11) is 0. The summed E-state index contributed by atoms with van der Waals surface area (Å²) in [5.74, 6) is 1.86. The molecular weight excluding hydrogens is 314 g/mol. The first-order valence-corrected chi connectivity index (χ1v) is 8.86. The predicted octanol–water partition coefficient (Wildman–Crippen LogP) is 5.15. The zero-order chi connectivity index (χ0) is 18.1. The van der Waals surface area contributed by atoms with Crippen LogP contribution in [0.25, 0.3) is 0 Å². The summed E-state index contributed by atoms with van der Waals surface area (Å²) in [5, 5.41) is 2.90. The van der Waals surface area contributed by atoms with Crippen LogP contribution in [0.15, 0.2) is 48.5 Å². The third-order valence-corrected chi connectivity index (χ3v) is 3.67. The zero-order valence-corrected chi connectivity index (χ0v) is 15.2. The molecule has 0 heterocycles. The van der Waals surface area contributed by atoms with Crippen LogP contribution in [0, 0.1) is 5.92 Å². The number of hydrogen-bond acceptors (Lipinski definition) is 3. The van der Waals surface area contributed by atoms with Crippen molar-refractivity contribution in [2.75, 3.05) is 18.5 Å². The van der Waals surface area contributed by atoms with E-state index in [1.54, 1.807) is 6.07 Å². The number of anilines is 1. The molecule has 0 radical (unpaired) electrons. The van der Waals surface area contributed by atoms with E-state index >= 15 is 0 Å². The lowest BCUT2D eigenvalue weighted by Gasteiger charge is -2.12. The van der Waals surface area contributed by atoms with Gasteiger partial charge >= 0.3 is 0 Å². The minimum atomic E-state index is -0.180. The fourth-order valence-corrected chi connectivity index (χ4v) is 2.24. The Balaban J connectivity index is 1.96. The zero-order valence-electron chi connectivity index (χ0n) is 15.2. The number of amides is 1. The van der Waals surface area contributed by atoms with Crippen LogP contribution in [0.4, 0.5) is 5.69 Å². The molecule has 0 aromatic heterocycles. The second-order valence-electron chi connectivity index (χ2n) is 6.35. The molecule has 0 atom stereocenters. The van der Waals surface area contributed by atoms with Gasteiger partial charge < -0.3 is 14.8 Å². The second-order valence-corrected chi connectivity index (χ2v) is 6.35. The molecule has 0 bridgehead atoms. The SMILES string of the molecule is CCCOc1ccccc1C(=O)Nc1ccc(OCCC(C)C)cc1. The van der Waals surface area contributed by atoms with E-state index in [4.69, 9.17) is 9.47 Å². The highest BCUT2D eigenvalue weighted by molar-refractivity contribution is 6.06. The van der Waals surface area contributed by atoms with Crippen LogP contribution < -0.4 is 14.8 Å². The van der Waals surface area contributed by atoms with Crippen LogP contribution in [-0.4, -0.2) is 19.1 Å². The molecule has 0 aliphatic carbocycles. The van der Waals surface area contributed by atoms with Gasteiger partial charge in [0, 0.05) is 5.69 Å². The Morgan fingerprint density at radius 1 is 1.00 bits per heavy atom. The van der Waals surface area contributed by atoms with Crippen molar-refractivity contribution in [3.63, 3.8) is 0 Å². The van der Waals surface area contributed by atoms with Crippen LogP contribution in [0.2, 0.25) is 0 Å². The molecule has 4 nitrogen and oxygen atoms in total. The van der Waals surface area contributed by atoms with Crippen LogP contribution in [0.5, 0.6) is 11.5 Å². The quantitative estimate of drug-likeness (QED) is 0.686. The third-order valence-electron chi connectivity index (χ3n) is 3.67. The molecule has 25 heavy (non-hydrogen) atoms. The maximum Gasteiger partial charge on any atom is 0.259 e. The van der Waals surface area contributed by atoms with E-state index in [0.717, 1.165) is 24.3 Å². The first kappa shape index (κ1) is 18.8. The Labute approximate surface area is 150 Å². The van der Waals surface area contributed by atoms with Gasteiger partial charge in [-0.2, -0.15) is 0 Å². The van der Waals surface area contributed by atoms with Gasteiger partial charge in [-0.3, -0.25) is 4.79 Å². The van der Waals surface area contributed by atoms with Crippen molar-refractivity contribution in [2.24, 2.45) is 5.92 Å². The lowest BCUT2D eigenvalue weighted by molar-refractivity contribution is 0.102. The Hall–Kier alpha value is -2.49. The molecule has 2 rings (SSSR count). The molecule has 0 saturated carbocycles. The van der Waals surface area contributed by atoms with Gasteiger partial charge in [0.2, 0.25) is 0 Å². The van der Waals surface area contributed by atoms with Crippen molar-refractivity contribution in [2.45, 2.75) is 33.6 Å². The first-order valence-electron chi connectivity index (χ1n) is 8.86. The van der Waals surface area contributed by atoms with Crippen LogP contribution in [-0.2, 0) is 0 Å². The smallest absolute Gasteiger partial charge is 0.259 e. The third kappa shape index (κ3) is 6.14. The molecule has 0 spiro atoms. The predicted molar refractivity (Wildman–Crippen MR) is 102 cm³/mol. The maximum atomic E-state index is 12.5. The van der Waals surface area contributed by atoms with Gasteiger partial charge in [0.25, 0.3) is 5.91 Å². The van der Waals surface area contributed by atoms with Gasteiger partial charge in [0.05, 0.1) is 18.8 Å². The van der Waals surface area contributed by atoms with Crippen molar-refractivity contribution in [1.82, 2.24) is 0 Å². The highest BCUT2D eigenvalue weighted by Crippen LogP contribution is 2.21. The van der Waals surface area contributed by atoms with Crippen molar-refractivity contribution < 1.29 is 14.3 Å². The Morgan fingerprint density at radius 3 is 2.40 bits per heavy atom. The van der Waals surface area contributed by atoms with Crippen molar-refractivity contribution in [1.29, 1.82) is 0 Å². The van der Waals surface area contributed by atoms with Gasteiger partial charge in [-0.1, -0.05) is 32.9 Å². The number of benzene rings is 2. The highest BCUT2D eigenvalue weighted by Gasteiger charge is 2.12. The van der Waals surface area contributed by atoms with E-state index < -0.39 is 0 Å². The fourth-order valence-electron chi connectivity index (χ4n) is 2.24. The highest BCUT2D eigenvalue weighted by atomic mass is 16.5. The largest absolute Gasteiger partial charge is 0.494 e. The summed E-state index contributed by atoms with van der Waals surface area (Å²) in [6.07, 6.45) is 1.92. The van der Waals surface area contributed by atoms with Gasteiger partial charge in [-0.15, -0.1) is 0 Å². The number of nitrogens with one attached hydrogen (secondary N) is 1. The van der Waals surface area contributed by atoms with Gasteiger partial charge in [-0.05, 0) is 55.2 Å². The Kier molecular flexibility index (Phi) is 7.33. The van der Waals surface area contributed by atoms with Gasteiger partial charge in [-0.25, -0.2) is 0 Å². The van der Waals surface area contributed by atoms with E-state index in [1.807, 2.05) is 49.4 Å². The summed E-state index contributed by atoms with van der Waals surface area (Å²) in [4.78, 5) is 12.5. The minimum absolute atomic E-state index is 0.180. The molecule has 2 aromatic rings. The maximum absolute atomic E-state index is 12.5. The van der Waals surface area contributed by atoms with E-state index in [9.17, 15) is 4.79 Å². The molecule has 0 fully saturated rings. The fraction of sp³-hybridized carbons (Fsp3) is 0.381. The van der Waals surface area contributed by atoms with Crippen molar-refractivity contribution in [3.05, 3.63) is 54.1 Å². The number of ether oxygens (including phenoxy) is 2. The number of para-hydroxylation sites is 1. The number of carbonyl (C=O) groups excluding carboxylic acids is 1. The topological polar surface area (TPSA) is 47.6 Å². The van der Waals surface area contributed by atoms with Crippen LogP contribution in [0.1, 0.15) is 44.0 Å². The number of hydrogen-bond donors (Lipinski definition) is 1. The monoisotopic (exact) mass is 341 g/mol. The van der Waals surface area contributed by atoms with Gasteiger partial charge in [0.1, 0.15) is 11.5 Å². The number of carbonyl (C=O) groups is 1. The lowest BCUT2D eigenvalue weighted by atomic mass is 10.1. The summed E-state index contributed by atoms with van der Waals surface area (Å²) < 4.78 is 11.3. The number of rotatable bonds is 9. The molecule has 0 aliphatic rings. The van der Waals surface area contributed by atoms with E-state index in [-0.39, 0.29) is 5.91 Å². The second kappa shape index (κ2) is 9.72. The van der Waals surface area contributed by atoms with E-state index in [2.05, 4.69) is 19.2 Å². The molecule has 134 valence electrons. The van der Waals surface area contributed by atoms with Gasteiger partial charge in [0.15, 0.2) is 0 Å². The average Bonchev–Trinajstić information content (AvgIpc) is 2.61. The Morgan fingerprint density at radius 2 is 1.72 bits per heavy atom. The molecule has 2 aromatic carbocycles. The lowest BCUT2D eigenvalue weighted by Crippen LogP contribution is -2.13. The van der Waals surface area contributed by atoms with E-state index in [1.165, 1.54) is 0 Å². The van der Waals surface area contributed by atoms with Crippen molar-refractivity contribution >= 4 is 11.6 Å². The molecule has 0 aliphatic heterocycles. The molecule has 0 unspecified atom stereocenters. The summed E-state index contributed by atoms with van der Waals surface area (Å²) in [6, 6.07) is 14.7. The summed E-state index contributed by atoms with van der Waals surface area (Å²) >= 11 is 0. The standard InChI is InChI=1S/C21H27NO3/c1-4-14-25-20-8-6-5-7-19(20)21(23)22-17-9-11-18(12-10-17)24-15-13-16(2)3/h5-12,16H,4,13-15H2,1-3H3,(H,22,23). The molecule has 1 N–H and O–H groups in total. The molecule has 4 heteroatoms. The minimum Gasteiger partial charge on any atom is -0.494 e. The van der Waals surface area contributed by atoms with Crippen LogP contribution in [0.3, 0.4) is 0 Å². The average molecular weight is 341 g/mol. The normalized spacial score (nSPS) is 10.6.